The first-order valence-electron chi connectivity index (χ1n) is 10.1. The Morgan fingerprint density at radius 1 is 0.903 bits per heavy atom. The summed E-state index contributed by atoms with van der Waals surface area (Å²) in [5, 5.41) is 27.1. The second-order valence-corrected chi connectivity index (χ2v) is 7.48. The molecule has 2 N–H and O–H groups in total. The molecular weight excluding hydrogens is 382 g/mol. The van der Waals surface area contributed by atoms with Crippen LogP contribution in [0, 0.1) is 22.7 Å². The fourth-order valence-corrected chi connectivity index (χ4v) is 4.06. The molecule has 0 radical (unpaired) electrons. The third-order valence-corrected chi connectivity index (χ3v) is 5.58. The molecule has 5 heteroatoms. The number of anilines is 2. The van der Waals surface area contributed by atoms with E-state index in [-0.39, 0.29) is 6.17 Å². The van der Waals surface area contributed by atoms with Gasteiger partial charge in [0.15, 0.2) is 0 Å². The van der Waals surface area contributed by atoms with Gasteiger partial charge in [0.05, 0.1) is 34.6 Å². The molecule has 0 saturated heterocycles. The van der Waals surface area contributed by atoms with Crippen molar-refractivity contribution in [3.8, 4) is 12.1 Å². The zero-order chi connectivity index (χ0) is 21.2. The molecule has 0 aliphatic carbocycles. The van der Waals surface area contributed by atoms with E-state index in [9.17, 15) is 10.5 Å². The van der Waals surface area contributed by atoms with Crippen molar-refractivity contribution in [2.45, 2.75) is 12.7 Å². The SMILES string of the molecule is N#C/C(=C\c1cn(Cc2ccccc2C#N)c2ccccc12)C1Nc2ccccc2N1. The van der Waals surface area contributed by atoms with E-state index < -0.39 is 0 Å². The quantitative estimate of drug-likeness (QED) is 0.453. The monoisotopic (exact) mass is 401 g/mol. The molecule has 5 nitrogen and oxygen atoms in total. The normalized spacial score (nSPS) is 13.2. The van der Waals surface area contributed by atoms with E-state index >= 15 is 0 Å². The molecule has 1 aliphatic heterocycles. The highest BCUT2D eigenvalue weighted by Crippen LogP contribution is 2.32. The van der Waals surface area contributed by atoms with Crippen LogP contribution in [0.2, 0.25) is 0 Å². The predicted molar refractivity (Wildman–Crippen MR) is 123 cm³/mol. The fraction of sp³-hybridized carbons (Fsp3) is 0.0769. The lowest BCUT2D eigenvalue weighted by molar-refractivity contribution is 0.833. The molecule has 1 aliphatic rings. The van der Waals surface area contributed by atoms with Gasteiger partial charge in [0.1, 0.15) is 6.17 Å². The smallest absolute Gasteiger partial charge is 0.133 e. The number of fused-ring (bicyclic) bond motifs is 2. The van der Waals surface area contributed by atoms with E-state index in [0.717, 1.165) is 33.4 Å². The third kappa shape index (κ3) is 3.39. The fourth-order valence-electron chi connectivity index (χ4n) is 4.06. The molecule has 0 bridgehead atoms. The summed E-state index contributed by atoms with van der Waals surface area (Å²) in [7, 11) is 0. The summed E-state index contributed by atoms with van der Waals surface area (Å²) in [5.41, 5.74) is 6.27. The zero-order valence-electron chi connectivity index (χ0n) is 16.7. The molecule has 3 aromatic carbocycles. The first-order chi connectivity index (χ1) is 15.3. The minimum Gasteiger partial charge on any atom is -0.359 e. The van der Waals surface area contributed by atoms with E-state index in [1.54, 1.807) is 0 Å². The molecule has 0 unspecified atom stereocenters. The summed E-state index contributed by atoms with van der Waals surface area (Å²) in [6.45, 7) is 0.589. The Morgan fingerprint density at radius 3 is 2.32 bits per heavy atom. The van der Waals surface area contributed by atoms with Crippen molar-refractivity contribution in [2.24, 2.45) is 0 Å². The minimum atomic E-state index is -0.274. The number of nitriles is 2. The number of nitrogens with one attached hydrogen (secondary N) is 2. The zero-order valence-corrected chi connectivity index (χ0v) is 16.7. The summed E-state index contributed by atoms with van der Waals surface area (Å²) in [6.07, 6.45) is 3.72. The minimum absolute atomic E-state index is 0.274. The summed E-state index contributed by atoms with van der Waals surface area (Å²) in [4.78, 5) is 0. The predicted octanol–water partition coefficient (Wildman–Crippen LogP) is 5.33. The van der Waals surface area contributed by atoms with Crippen LogP contribution in [0.4, 0.5) is 11.4 Å². The lowest BCUT2D eigenvalue weighted by Gasteiger charge is -2.10. The maximum absolute atomic E-state index is 9.87. The van der Waals surface area contributed by atoms with Crippen LogP contribution in [0.3, 0.4) is 0 Å². The van der Waals surface area contributed by atoms with Crippen molar-refractivity contribution in [1.29, 1.82) is 10.5 Å². The van der Waals surface area contributed by atoms with Crippen LogP contribution in [0.1, 0.15) is 16.7 Å². The number of aromatic nitrogens is 1. The van der Waals surface area contributed by atoms with Gasteiger partial charge in [-0.2, -0.15) is 10.5 Å². The van der Waals surface area contributed by atoms with Gasteiger partial charge in [-0.3, -0.25) is 0 Å². The summed E-state index contributed by atoms with van der Waals surface area (Å²) >= 11 is 0. The van der Waals surface area contributed by atoms with Crippen molar-refractivity contribution < 1.29 is 0 Å². The van der Waals surface area contributed by atoms with Gasteiger partial charge in [0.2, 0.25) is 0 Å². The van der Waals surface area contributed by atoms with Gasteiger partial charge < -0.3 is 15.2 Å². The van der Waals surface area contributed by atoms with Gasteiger partial charge >= 0.3 is 0 Å². The highest BCUT2D eigenvalue weighted by molar-refractivity contribution is 5.91. The van der Waals surface area contributed by atoms with Gasteiger partial charge in [0.25, 0.3) is 0 Å². The molecule has 5 rings (SSSR count). The summed E-state index contributed by atoms with van der Waals surface area (Å²) < 4.78 is 2.14. The maximum Gasteiger partial charge on any atom is 0.133 e. The largest absolute Gasteiger partial charge is 0.359 e. The molecule has 4 aromatic rings. The van der Waals surface area contributed by atoms with Crippen LogP contribution in [0.5, 0.6) is 0 Å². The van der Waals surface area contributed by atoms with Crippen molar-refractivity contribution in [3.05, 3.63) is 101 Å². The molecular formula is C26H19N5. The van der Waals surface area contributed by atoms with Crippen LogP contribution >= 0.6 is 0 Å². The average molecular weight is 401 g/mol. The third-order valence-electron chi connectivity index (χ3n) is 5.58. The number of para-hydroxylation sites is 3. The van der Waals surface area contributed by atoms with Gasteiger partial charge in [-0.1, -0.05) is 48.5 Å². The molecule has 1 aromatic heterocycles. The van der Waals surface area contributed by atoms with E-state index in [2.05, 4.69) is 45.7 Å². The molecule has 2 heterocycles. The van der Waals surface area contributed by atoms with Crippen LogP contribution in [-0.4, -0.2) is 10.7 Å². The van der Waals surface area contributed by atoms with Crippen molar-refractivity contribution in [3.63, 3.8) is 0 Å². The van der Waals surface area contributed by atoms with E-state index in [0.29, 0.717) is 17.7 Å². The van der Waals surface area contributed by atoms with Gasteiger partial charge in [-0.25, -0.2) is 0 Å². The number of hydrogen-bond acceptors (Lipinski definition) is 4. The van der Waals surface area contributed by atoms with E-state index in [1.165, 1.54) is 0 Å². The number of rotatable bonds is 4. The number of benzene rings is 3. The Kier molecular flexibility index (Phi) is 4.63. The highest BCUT2D eigenvalue weighted by Gasteiger charge is 2.23. The average Bonchev–Trinajstić information content (AvgIpc) is 3.39. The summed E-state index contributed by atoms with van der Waals surface area (Å²) in [6, 6.07) is 28.3. The molecule has 31 heavy (non-hydrogen) atoms. The number of nitrogens with zero attached hydrogens (tertiary/aromatic N) is 3. The van der Waals surface area contributed by atoms with Crippen LogP contribution in [0.25, 0.3) is 17.0 Å². The van der Waals surface area contributed by atoms with Gasteiger partial charge in [0, 0.05) is 29.2 Å². The summed E-state index contributed by atoms with van der Waals surface area (Å²) in [5.74, 6) is 0. The Morgan fingerprint density at radius 2 is 1.58 bits per heavy atom. The van der Waals surface area contributed by atoms with Crippen LogP contribution in [0.15, 0.2) is 84.6 Å². The van der Waals surface area contributed by atoms with Crippen molar-refractivity contribution >= 4 is 28.4 Å². The lowest BCUT2D eigenvalue weighted by atomic mass is 10.1. The molecule has 0 atom stereocenters. The topological polar surface area (TPSA) is 76.6 Å². The standard InChI is InChI=1S/C26H19N5/c27-14-18-7-1-2-8-19(18)16-31-17-21(22-9-3-6-12-25(22)31)13-20(15-28)26-29-23-10-4-5-11-24(23)30-26/h1-13,17,26,29-30H,16H2/b20-13+. The molecule has 0 spiro atoms. The first kappa shape index (κ1) is 18.5. The van der Waals surface area contributed by atoms with Crippen molar-refractivity contribution in [1.82, 2.24) is 4.57 Å². The molecule has 148 valence electrons. The van der Waals surface area contributed by atoms with Gasteiger partial charge in [-0.05, 0) is 35.9 Å². The second-order valence-electron chi connectivity index (χ2n) is 7.48. The van der Waals surface area contributed by atoms with E-state index in [4.69, 9.17) is 0 Å². The second kappa shape index (κ2) is 7.74. The van der Waals surface area contributed by atoms with Crippen LogP contribution in [-0.2, 0) is 6.54 Å². The lowest BCUT2D eigenvalue weighted by Crippen LogP contribution is -2.23. The Bertz CT molecular complexity index is 1370. The van der Waals surface area contributed by atoms with E-state index in [1.807, 2.05) is 66.7 Å². The Balaban J connectivity index is 1.53. The Hall–Kier alpha value is -4.48. The van der Waals surface area contributed by atoms with Crippen LogP contribution < -0.4 is 10.6 Å². The highest BCUT2D eigenvalue weighted by atomic mass is 15.2. The number of hydrogen-bond donors (Lipinski definition) is 2. The molecule has 0 amide bonds. The van der Waals surface area contributed by atoms with Gasteiger partial charge in [-0.15, -0.1) is 0 Å². The molecule has 0 fully saturated rings. The van der Waals surface area contributed by atoms with Crippen molar-refractivity contribution in [2.75, 3.05) is 10.6 Å². The first-order valence-corrected chi connectivity index (χ1v) is 10.1. The Labute approximate surface area is 180 Å². The molecule has 0 saturated carbocycles. The maximum atomic E-state index is 9.87.